The first-order valence-corrected chi connectivity index (χ1v) is 14.7. The summed E-state index contributed by atoms with van der Waals surface area (Å²) in [6, 6.07) is 19.1. The molecular formula is C32H34N6OS. The maximum Gasteiger partial charge on any atom is 0.246 e. The molecule has 0 spiro atoms. The van der Waals surface area contributed by atoms with Crippen LogP contribution in [0.25, 0.3) is 21.1 Å². The normalized spacial score (nSPS) is 13.5. The van der Waals surface area contributed by atoms with E-state index < -0.39 is 0 Å². The van der Waals surface area contributed by atoms with Gasteiger partial charge in [-0.3, -0.25) is 4.79 Å². The van der Waals surface area contributed by atoms with Gasteiger partial charge in [0.25, 0.3) is 0 Å². The topological polar surface area (TPSA) is 75.1 Å². The molecule has 0 atom stereocenters. The van der Waals surface area contributed by atoms with Crippen LogP contribution < -0.4 is 10.6 Å². The lowest BCUT2D eigenvalue weighted by Gasteiger charge is -2.26. The summed E-state index contributed by atoms with van der Waals surface area (Å²) < 4.78 is 2.27. The van der Waals surface area contributed by atoms with Crippen molar-refractivity contribution in [3.05, 3.63) is 95.3 Å². The van der Waals surface area contributed by atoms with E-state index in [0.717, 1.165) is 41.2 Å². The van der Waals surface area contributed by atoms with Gasteiger partial charge in [-0.2, -0.15) is 0 Å². The van der Waals surface area contributed by atoms with Gasteiger partial charge >= 0.3 is 0 Å². The van der Waals surface area contributed by atoms with Crippen LogP contribution >= 0.6 is 11.3 Å². The highest BCUT2D eigenvalue weighted by atomic mass is 32.1. The first kappa shape index (κ1) is 26.2. The number of hydrogen-bond donors (Lipinski definition) is 2. The Hall–Kier alpha value is -4.01. The average molecular weight is 551 g/mol. The lowest BCUT2D eigenvalue weighted by molar-refractivity contribution is -0.126. The van der Waals surface area contributed by atoms with Gasteiger partial charge in [-0.15, -0.1) is 11.3 Å². The van der Waals surface area contributed by atoms with Crippen LogP contribution in [0.2, 0.25) is 0 Å². The summed E-state index contributed by atoms with van der Waals surface area (Å²) in [5.74, 6) is 1.47. The minimum absolute atomic E-state index is 0.0615. The van der Waals surface area contributed by atoms with Crippen molar-refractivity contribution in [2.45, 2.75) is 33.4 Å². The molecular weight excluding hydrogens is 516 g/mol. The molecule has 1 aliphatic rings. The molecule has 2 aromatic carbocycles. The van der Waals surface area contributed by atoms with Crippen molar-refractivity contribution in [1.82, 2.24) is 24.8 Å². The molecule has 204 valence electrons. The van der Waals surface area contributed by atoms with Gasteiger partial charge in [0.2, 0.25) is 5.91 Å². The van der Waals surface area contributed by atoms with Crippen molar-refractivity contribution < 1.29 is 4.79 Å². The van der Waals surface area contributed by atoms with Crippen molar-refractivity contribution in [2.75, 3.05) is 25.0 Å². The molecule has 0 fully saturated rings. The van der Waals surface area contributed by atoms with E-state index in [0.29, 0.717) is 25.6 Å². The molecule has 0 saturated heterocycles. The van der Waals surface area contributed by atoms with E-state index in [9.17, 15) is 4.79 Å². The third kappa shape index (κ3) is 5.64. The second-order valence-electron chi connectivity index (χ2n) is 10.7. The number of aromatic nitrogens is 3. The summed E-state index contributed by atoms with van der Waals surface area (Å²) >= 11 is 1.66. The van der Waals surface area contributed by atoms with Gasteiger partial charge in [-0.25, -0.2) is 9.97 Å². The Bertz CT molecular complexity index is 1670. The smallest absolute Gasteiger partial charge is 0.246 e. The van der Waals surface area contributed by atoms with E-state index in [1.165, 1.54) is 26.9 Å². The molecule has 0 unspecified atom stereocenters. The highest BCUT2D eigenvalue weighted by Gasteiger charge is 2.25. The van der Waals surface area contributed by atoms with Crippen LogP contribution in [0.1, 0.15) is 29.9 Å². The molecule has 0 saturated carbocycles. The molecule has 5 aromatic rings. The lowest BCUT2D eigenvalue weighted by atomic mass is 10.0. The molecule has 2 N–H and O–H groups in total. The number of rotatable bonds is 9. The molecule has 4 heterocycles. The van der Waals surface area contributed by atoms with Gasteiger partial charge in [0.1, 0.15) is 17.0 Å². The number of nitrogens with zero attached hydrogens (tertiary/aromatic N) is 4. The molecule has 0 bridgehead atoms. The summed E-state index contributed by atoms with van der Waals surface area (Å²) in [4.78, 5) is 26.1. The van der Waals surface area contributed by atoms with E-state index in [1.54, 1.807) is 23.7 Å². The van der Waals surface area contributed by atoms with Gasteiger partial charge < -0.3 is 20.1 Å². The standard InChI is InChI=1S/C32H34N6OS/c1-22(2)18-33-14-6-9-29(39)38-16-13-26-28(20-38)40-32-30(26)31(34-21-35-32)36-25-10-11-27-24(17-25)12-15-37(27)19-23-7-4-3-5-8-23/h3-12,15,17,21-22,33H,13-14,16,18-20H2,1-2H3,(H,34,35,36). The third-order valence-corrected chi connectivity index (χ3v) is 8.38. The number of benzene rings is 2. The lowest BCUT2D eigenvalue weighted by Crippen LogP contribution is -2.34. The summed E-state index contributed by atoms with van der Waals surface area (Å²) in [5.41, 5.74) is 4.73. The molecule has 1 aliphatic heterocycles. The van der Waals surface area contributed by atoms with Crippen LogP contribution in [-0.2, 0) is 24.3 Å². The summed E-state index contributed by atoms with van der Waals surface area (Å²) in [6.07, 6.45) is 8.18. The van der Waals surface area contributed by atoms with Crippen LogP contribution in [0.5, 0.6) is 0 Å². The van der Waals surface area contributed by atoms with Crippen molar-refractivity contribution >= 4 is 49.9 Å². The molecule has 3 aromatic heterocycles. The highest BCUT2D eigenvalue weighted by Crippen LogP contribution is 2.38. The Morgan fingerprint density at radius 3 is 2.85 bits per heavy atom. The fourth-order valence-corrected chi connectivity index (χ4v) is 6.47. The maximum absolute atomic E-state index is 12.8. The zero-order valence-corrected chi connectivity index (χ0v) is 23.7. The Labute approximate surface area is 238 Å². The number of thiophene rings is 1. The molecule has 0 aliphatic carbocycles. The van der Waals surface area contributed by atoms with Crippen LogP contribution in [0.3, 0.4) is 0 Å². The summed E-state index contributed by atoms with van der Waals surface area (Å²) in [6.45, 7) is 8.14. The van der Waals surface area contributed by atoms with E-state index in [-0.39, 0.29) is 5.91 Å². The SMILES string of the molecule is CC(C)CNCC=CC(=O)N1CCc2c(sc3ncnc(Nc4ccc5c(ccn5Cc5ccccc5)c4)c23)C1. The number of hydrogen-bond acceptors (Lipinski definition) is 6. The van der Waals surface area contributed by atoms with E-state index >= 15 is 0 Å². The van der Waals surface area contributed by atoms with Crippen molar-refractivity contribution in [3.8, 4) is 0 Å². The van der Waals surface area contributed by atoms with Crippen LogP contribution in [-0.4, -0.2) is 45.0 Å². The summed E-state index contributed by atoms with van der Waals surface area (Å²) in [5, 5.41) is 9.16. The zero-order chi connectivity index (χ0) is 27.5. The quantitative estimate of drug-likeness (QED) is 0.171. The van der Waals surface area contributed by atoms with Gasteiger partial charge in [-0.05, 0) is 54.3 Å². The molecule has 1 amide bonds. The summed E-state index contributed by atoms with van der Waals surface area (Å²) in [7, 11) is 0. The van der Waals surface area contributed by atoms with E-state index in [1.807, 2.05) is 17.0 Å². The Morgan fingerprint density at radius 1 is 1.12 bits per heavy atom. The Kier molecular flexibility index (Phi) is 7.62. The Morgan fingerprint density at radius 2 is 2.00 bits per heavy atom. The molecule has 8 heteroatoms. The molecule has 40 heavy (non-hydrogen) atoms. The first-order valence-electron chi connectivity index (χ1n) is 13.9. The fourth-order valence-electron chi connectivity index (χ4n) is 5.26. The largest absolute Gasteiger partial charge is 0.343 e. The maximum atomic E-state index is 12.8. The fraction of sp³-hybridized carbons (Fsp3) is 0.281. The second-order valence-corrected chi connectivity index (χ2v) is 11.8. The average Bonchev–Trinajstić information content (AvgIpc) is 3.54. The molecule has 6 rings (SSSR count). The van der Waals surface area contributed by atoms with Crippen molar-refractivity contribution in [2.24, 2.45) is 5.92 Å². The monoisotopic (exact) mass is 550 g/mol. The van der Waals surface area contributed by atoms with Gasteiger partial charge in [-0.1, -0.05) is 50.3 Å². The third-order valence-electron chi connectivity index (χ3n) is 7.25. The Balaban J connectivity index is 1.18. The van der Waals surface area contributed by atoms with Gasteiger partial charge in [0.15, 0.2) is 0 Å². The van der Waals surface area contributed by atoms with Crippen LogP contribution in [0.4, 0.5) is 11.5 Å². The van der Waals surface area contributed by atoms with Crippen molar-refractivity contribution in [1.29, 1.82) is 0 Å². The van der Waals surface area contributed by atoms with Gasteiger partial charge in [0, 0.05) is 53.4 Å². The second kappa shape index (κ2) is 11.6. The molecule has 7 nitrogen and oxygen atoms in total. The van der Waals surface area contributed by atoms with E-state index in [4.69, 9.17) is 0 Å². The minimum Gasteiger partial charge on any atom is -0.343 e. The van der Waals surface area contributed by atoms with Crippen molar-refractivity contribution in [3.63, 3.8) is 0 Å². The number of nitrogens with one attached hydrogen (secondary N) is 2. The zero-order valence-electron chi connectivity index (χ0n) is 22.9. The number of carbonyl (C=O) groups is 1. The number of carbonyl (C=O) groups excluding carboxylic acids is 1. The highest BCUT2D eigenvalue weighted by molar-refractivity contribution is 7.19. The van der Waals surface area contributed by atoms with Crippen LogP contribution in [0, 0.1) is 5.92 Å². The minimum atomic E-state index is 0.0615. The number of fused-ring (bicyclic) bond motifs is 4. The van der Waals surface area contributed by atoms with Crippen LogP contribution in [0.15, 0.2) is 79.3 Å². The van der Waals surface area contributed by atoms with E-state index in [2.05, 4.69) is 93.7 Å². The first-order chi connectivity index (χ1) is 19.5. The predicted octanol–water partition coefficient (Wildman–Crippen LogP) is 6.12. The molecule has 0 radical (unpaired) electrons. The number of amides is 1. The number of anilines is 2. The predicted molar refractivity (Wildman–Crippen MR) is 164 cm³/mol. The van der Waals surface area contributed by atoms with Gasteiger partial charge in [0.05, 0.1) is 11.9 Å².